The molecule has 1 rings (SSSR count). The van der Waals surface area contributed by atoms with Gasteiger partial charge in [0.2, 0.25) is 0 Å². The molecule has 0 aromatic rings. The van der Waals surface area contributed by atoms with Crippen molar-refractivity contribution in [2.75, 3.05) is 26.2 Å². The van der Waals surface area contributed by atoms with Crippen LogP contribution in [0.15, 0.2) is 0 Å². The first-order valence-electron chi connectivity index (χ1n) is 5.46. The predicted octanol–water partition coefficient (Wildman–Crippen LogP) is 1.72. The summed E-state index contributed by atoms with van der Waals surface area (Å²) in [6, 6.07) is 0. The molecular formula is C11H24N2. The van der Waals surface area contributed by atoms with Crippen molar-refractivity contribution >= 4 is 0 Å². The zero-order chi connectivity index (χ0) is 9.90. The predicted molar refractivity (Wildman–Crippen MR) is 58.0 cm³/mol. The van der Waals surface area contributed by atoms with Crippen LogP contribution in [0.3, 0.4) is 0 Å². The van der Waals surface area contributed by atoms with E-state index in [-0.39, 0.29) is 0 Å². The van der Waals surface area contributed by atoms with Crippen molar-refractivity contribution in [3.63, 3.8) is 0 Å². The zero-order valence-electron chi connectivity index (χ0n) is 9.56. The highest BCUT2D eigenvalue weighted by Gasteiger charge is 2.23. The fourth-order valence-corrected chi connectivity index (χ4v) is 1.88. The molecule has 2 heteroatoms. The Labute approximate surface area is 82.7 Å². The third-order valence-electron chi connectivity index (χ3n) is 2.76. The Balaban J connectivity index is 2.51. The van der Waals surface area contributed by atoms with Gasteiger partial charge in [0, 0.05) is 12.1 Å². The maximum Gasteiger partial charge on any atom is 0.0125 e. The van der Waals surface area contributed by atoms with Crippen molar-refractivity contribution in [2.24, 2.45) is 5.92 Å². The molecule has 0 aromatic carbocycles. The van der Waals surface area contributed by atoms with Crippen LogP contribution in [0.5, 0.6) is 0 Å². The lowest BCUT2D eigenvalue weighted by molar-refractivity contribution is 0.107. The van der Waals surface area contributed by atoms with E-state index < -0.39 is 0 Å². The van der Waals surface area contributed by atoms with E-state index in [0.29, 0.717) is 5.54 Å². The summed E-state index contributed by atoms with van der Waals surface area (Å²) < 4.78 is 0. The number of hydrogen-bond acceptors (Lipinski definition) is 2. The molecule has 0 radical (unpaired) electrons. The Morgan fingerprint density at radius 1 is 1.31 bits per heavy atom. The van der Waals surface area contributed by atoms with E-state index >= 15 is 0 Å². The number of nitrogens with one attached hydrogen (secondary N) is 1. The first kappa shape index (κ1) is 11.0. The van der Waals surface area contributed by atoms with Crippen molar-refractivity contribution in [1.29, 1.82) is 0 Å². The van der Waals surface area contributed by atoms with Crippen molar-refractivity contribution in [1.82, 2.24) is 10.2 Å². The molecule has 1 atom stereocenters. The second-order valence-corrected chi connectivity index (χ2v) is 5.28. The Kier molecular flexibility index (Phi) is 3.74. The van der Waals surface area contributed by atoms with Crippen LogP contribution in [0.1, 0.15) is 34.1 Å². The third-order valence-corrected chi connectivity index (χ3v) is 2.76. The molecule has 0 bridgehead atoms. The van der Waals surface area contributed by atoms with Crippen LogP contribution in [-0.2, 0) is 0 Å². The molecule has 1 fully saturated rings. The van der Waals surface area contributed by atoms with Gasteiger partial charge in [0.05, 0.1) is 0 Å². The first-order chi connectivity index (χ1) is 6.00. The van der Waals surface area contributed by atoms with E-state index in [1.165, 1.54) is 32.6 Å². The van der Waals surface area contributed by atoms with Gasteiger partial charge in [-0.05, 0) is 52.7 Å². The number of hydrogen-bond donors (Lipinski definition) is 1. The molecule has 1 aliphatic rings. The van der Waals surface area contributed by atoms with Crippen molar-refractivity contribution < 1.29 is 0 Å². The van der Waals surface area contributed by atoms with Gasteiger partial charge in [-0.1, -0.05) is 6.92 Å². The smallest absolute Gasteiger partial charge is 0.0125 e. The summed E-state index contributed by atoms with van der Waals surface area (Å²) in [6.45, 7) is 14.1. The molecule has 0 saturated carbocycles. The Hall–Kier alpha value is -0.0800. The first-order valence-corrected chi connectivity index (χ1v) is 5.46. The average molecular weight is 184 g/mol. The molecule has 0 amide bonds. The SMILES string of the molecule is CC1CNCCCN(C(C)(C)C)C1. The zero-order valence-corrected chi connectivity index (χ0v) is 9.56. The normalized spacial score (nSPS) is 28.2. The van der Waals surface area contributed by atoms with Gasteiger partial charge >= 0.3 is 0 Å². The quantitative estimate of drug-likeness (QED) is 0.616. The standard InChI is InChI=1S/C11H24N2/c1-10-8-12-6-5-7-13(9-10)11(2,3)4/h10,12H,5-9H2,1-4H3. The molecule has 0 aliphatic carbocycles. The largest absolute Gasteiger partial charge is 0.316 e. The van der Waals surface area contributed by atoms with Crippen molar-refractivity contribution in [2.45, 2.75) is 39.7 Å². The van der Waals surface area contributed by atoms with Gasteiger partial charge in [-0.15, -0.1) is 0 Å². The molecule has 2 nitrogen and oxygen atoms in total. The second-order valence-electron chi connectivity index (χ2n) is 5.28. The van der Waals surface area contributed by atoms with Crippen LogP contribution < -0.4 is 5.32 Å². The van der Waals surface area contributed by atoms with E-state index in [0.717, 1.165) is 5.92 Å². The topological polar surface area (TPSA) is 15.3 Å². The lowest BCUT2D eigenvalue weighted by atomic mass is 10.0. The third kappa shape index (κ3) is 3.65. The van der Waals surface area contributed by atoms with Crippen LogP contribution in [-0.4, -0.2) is 36.6 Å². The summed E-state index contributed by atoms with van der Waals surface area (Å²) in [5, 5.41) is 3.48. The van der Waals surface area contributed by atoms with Gasteiger partial charge in [0.1, 0.15) is 0 Å². The van der Waals surface area contributed by atoms with Gasteiger partial charge < -0.3 is 5.32 Å². The Morgan fingerprint density at radius 3 is 2.62 bits per heavy atom. The molecule has 0 aromatic heterocycles. The van der Waals surface area contributed by atoms with Gasteiger partial charge in [-0.3, -0.25) is 4.90 Å². The van der Waals surface area contributed by atoms with E-state index in [1.54, 1.807) is 0 Å². The minimum atomic E-state index is 0.339. The number of rotatable bonds is 0. The molecule has 1 unspecified atom stereocenters. The van der Waals surface area contributed by atoms with Crippen molar-refractivity contribution in [3.05, 3.63) is 0 Å². The van der Waals surface area contributed by atoms with Crippen LogP contribution in [0, 0.1) is 5.92 Å². The highest BCUT2D eigenvalue weighted by atomic mass is 15.2. The van der Waals surface area contributed by atoms with Gasteiger partial charge in [0.25, 0.3) is 0 Å². The minimum absolute atomic E-state index is 0.339. The summed E-state index contributed by atoms with van der Waals surface area (Å²) in [7, 11) is 0. The summed E-state index contributed by atoms with van der Waals surface area (Å²) in [5.41, 5.74) is 0.339. The second kappa shape index (κ2) is 4.43. The van der Waals surface area contributed by atoms with Crippen LogP contribution in [0.4, 0.5) is 0 Å². The average Bonchev–Trinajstić information content (AvgIpc) is 1.94. The Bertz CT molecular complexity index is 149. The molecule has 78 valence electrons. The molecular weight excluding hydrogens is 160 g/mol. The maximum absolute atomic E-state index is 3.48. The van der Waals surface area contributed by atoms with Crippen LogP contribution in [0.25, 0.3) is 0 Å². The van der Waals surface area contributed by atoms with Gasteiger partial charge in [-0.2, -0.15) is 0 Å². The number of nitrogens with zero attached hydrogens (tertiary/aromatic N) is 1. The van der Waals surface area contributed by atoms with Crippen LogP contribution in [0.2, 0.25) is 0 Å². The molecule has 1 heterocycles. The summed E-state index contributed by atoms with van der Waals surface area (Å²) in [6.07, 6.45) is 1.28. The van der Waals surface area contributed by atoms with E-state index in [1.807, 2.05) is 0 Å². The van der Waals surface area contributed by atoms with E-state index in [9.17, 15) is 0 Å². The fourth-order valence-electron chi connectivity index (χ4n) is 1.88. The summed E-state index contributed by atoms with van der Waals surface area (Å²) in [5.74, 6) is 0.777. The highest BCUT2D eigenvalue weighted by Crippen LogP contribution is 2.16. The Morgan fingerprint density at radius 2 is 2.00 bits per heavy atom. The molecule has 1 N–H and O–H groups in total. The van der Waals surface area contributed by atoms with Crippen molar-refractivity contribution in [3.8, 4) is 0 Å². The van der Waals surface area contributed by atoms with E-state index in [2.05, 4.69) is 37.9 Å². The molecule has 1 aliphatic heterocycles. The van der Waals surface area contributed by atoms with E-state index in [4.69, 9.17) is 0 Å². The summed E-state index contributed by atoms with van der Waals surface area (Å²) in [4.78, 5) is 2.61. The maximum atomic E-state index is 3.48. The van der Waals surface area contributed by atoms with Crippen LogP contribution >= 0.6 is 0 Å². The highest BCUT2D eigenvalue weighted by molar-refractivity contribution is 4.79. The molecule has 1 saturated heterocycles. The minimum Gasteiger partial charge on any atom is -0.316 e. The molecule has 13 heavy (non-hydrogen) atoms. The lowest BCUT2D eigenvalue weighted by Crippen LogP contribution is -2.47. The monoisotopic (exact) mass is 184 g/mol. The fraction of sp³-hybridized carbons (Fsp3) is 1.00. The lowest BCUT2D eigenvalue weighted by Gasteiger charge is -2.38. The summed E-state index contributed by atoms with van der Waals surface area (Å²) >= 11 is 0. The van der Waals surface area contributed by atoms with Gasteiger partial charge in [-0.25, -0.2) is 0 Å². The molecule has 0 spiro atoms. The van der Waals surface area contributed by atoms with Gasteiger partial charge in [0.15, 0.2) is 0 Å².